The SMILES string of the molecule is CCOCCCNc1nc(C(C)(C)C)nc2c1nnn2Cc1ccccc1Cl. The van der Waals surface area contributed by atoms with Crippen molar-refractivity contribution in [1.82, 2.24) is 25.0 Å². The van der Waals surface area contributed by atoms with Gasteiger partial charge in [-0.1, -0.05) is 55.8 Å². The Balaban J connectivity index is 1.94. The van der Waals surface area contributed by atoms with Crippen LogP contribution in [0.3, 0.4) is 0 Å². The molecule has 0 radical (unpaired) electrons. The Morgan fingerprint density at radius 2 is 1.96 bits per heavy atom. The van der Waals surface area contributed by atoms with Crippen LogP contribution in [-0.2, 0) is 16.7 Å². The third-order valence-corrected chi connectivity index (χ3v) is 4.64. The maximum Gasteiger partial charge on any atom is 0.184 e. The maximum absolute atomic E-state index is 6.32. The molecule has 3 rings (SSSR count). The average Bonchev–Trinajstić information content (AvgIpc) is 3.06. The van der Waals surface area contributed by atoms with Gasteiger partial charge in [-0.2, -0.15) is 0 Å². The largest absolute Gasteiger partial charge is 0.382 e. The molecule has 2 aromatic heterocycles. The summed E-state index contributed by atoms with van der Waals surface area (Å²) >= 11 is 6.32. The Hall–Kier alpha value is -2.25. The van der Waals surface area contributed by atoms with Crippen LogP contribution in [0.2, 0.25) is 5.02 Å². The predicted molar refractivity (Wildman–Crippen MR) is 112 cm³/mol. The van der Waals surface area contributed by atoms with Gasteiger partial charge in [-0.15, -0.1) is 5.10 Å². The number of anilines is 1. The van der Waals surface area contributed by atoms with Crippen molar-refractivity contribution in [2.45, 2.75) is 46.1 Å². The Bertz CT molecular complexity index is 934. The summed E-state index contributed by atoms with van der Waals surface area (Å²) in [5, 5.41) is 12.7. The van der Waals surface area contributed by atoms with Crippen molar-refractivity contribution in [3.8, 4) is 0 Å². The second-order valence-electron chi connectivity index (χ2n) is 7.63. The van der Waals surface area contributed by atoms with Gasteiger partial charge in [0.15, 0.2) is 17.0 Å². The molecular formula is C20H27ClN6O. The zero-order valence-corrected chi connectivity index (χ0v) is 17.6. The van der Waals surface area contributed by atoms with Gasteiger partial charge in [-0.05, 0) is 25.0 Å². The van der Waals surface area contributed by atoms with Gasteiger partial charge >= 0.3 is 0 Å². The standard InChI is InChI=1S/C20H27ClN6O/c1-5-28-12-8-11-22-17-16-18(24-19(23-17)20(2,3)4)27(26-25-16)13-14-9-6-7-10-15(14)21/h6-7,9-10H,5,8,11-13H2,1-4H3,(H,22,23,24). The van der Waals surface area contributed by atoms with Gasteiger partial charge < -0.3 is 10.1 Å². The summed E-state index contributed by atoms with van der Waals surface area (Å²) in [6.07, 6.45) is 0.887. The minimum Gasteiger partial charge on any atom is -0.382 e. The average molecular weight is 403 g/mol. The van der Waals surface area contributed by atoms with Crippen LogP contribution in [0.1, 0.15) is 45.5 Å². The number of hydrogen-bond donors (Lipinski definition) is 1. The lowest BCUT2D eigenvalue weighted by atomic mass is 9.96. The molecule has 0 aliphatic carbocycles. The summed E-state index contributed by atoms with van der Waals surface area (Å²) in [4.78, 5) is 9.49. The van der Waals surface area contributed by atoms with Crippen molar-refractivity contribution in [3.05, 3.63) is 40.7 Å². The highest BCUT2D eigenvalue weighted by molar-refractivity contribution is 6.31. The molecule has 1 N–H and O–H groups in total. The minimum absolute atomic E-state index is 0.199. The Labute approximate surface area is 170 Å². The zero-order chi connectivity index (χ0) is 20.1. The van der Waals surface area contributed by atoms with E-state index in [-0.39, 0.29) is 5.41 Å². The van der Waals surface area contributed by atoms with Crippen LogP contribution in [0.15, 0.2) is 24.3 Å². The van der Waals surface area contributed by atoms with Crippen molar-refractivity contribution in [2.24, 2.45) is 0 Å². The van der Waals surface area contributed by atoms with Gasteiger partial charge in [0.2, 0.25) is 0 Å². The number of nitrogens with zero attached hydrogens (tertiary/aromatic N) is 5. The van der Waals surface area contributed by atoms with E-state index in [1.54, 1.807) is 4.68 Å². The molecule has 2 heterocycles. The number of fused-ring (bicyclic) bond motifs is 1. The Kier molecular flexibility index (Phi) is 6.46. The van der Waals surface area contributed by atoms with Crippen LogP contribution in [0, 0.1) is 0 Å². The van der Waals surface area contributed by atoms with Crippen LogP contribution >= 0.6 is 11.6 Å². The van der Waals surface area contributed by atoms with Crippen LogP contribution < -0.4 is 5.32 Å². The van der Waals surface area contributed by atoms with Crippen molar-refractivity contribution in [2.75, 3.05) is 25.1 Å². The predicted octanol–water partition coefficient (Wildman–Crippen LogP) is 4.06. The van der Waals surface area contributed by atoms with E-state index < -0.39 is 0 Å². The summed E-state index contributed by atoms with van der Waals surface area (Å²) in [5.74, 6) is 1.45. The fraction of sp³-hybridized carbons (Fsp3) is 0.500. The molecule has 0 unspecified atom stereocenters. The van der Waals surface area contributed by atoms with Crippen molar-refractivity contribution in [3.63, 3.8) is 0 Å². The number of aromatic nitrogens is 5. The third-order valence-electron chi connectivity index (χ3n) is 4.27. The van der Waals surface area contributed by atoms with Gasteiger partial charge in [0.05, 0.1) is 6.54 Å². The normalized spacial score (nSPS) is 11.9. The highest BCUT2D eigenvalue weighted by Gasteiger charge is 2.22. The van der Waals surface area contributed by atoms with Crippen LogP contribution in [-0.4, -0.2) is 44.7 Å². The lowest BCUT2D eigenvalue weighted by molar-refractivity contribution is 0.147. The topological polar surface area (TPSA) is 77.8 Å². The second kappa shape index (κ2) is 8.84. The third kappa shape index (κ3) is 4.77. The van der Waals surface area contributed by atoms with Crippen LogP contribution in [0.25, 0.3) is 11.2 Å². The van der Waals surface area contributed by atoms with Crippen LogP contribution in [0.4, 0.5) is 5.82 Å². The van der Waals surface area contributed by atoms with Gasteiger partial charge in [0, 0.05) is 30.2 Å². The van der Waals surface area contributed by atoms with E-state index in [9.17, 15) is 0 Å². The van der Waals surface area contributed by atoms with Crippen molar-refractivity contribution >= 4 is 28.6 Å². The molecule has 1 aromatic carbocycles. The van der Waals surface area contributed by atoms with E-state index in [4.69, 9.17) is 26.3 Å². The van der Waals surface area contributed by atoms with E-state index in [0.717, 1.165) is 31.0 Å². The molecule has 0 atom stereocenters. The molecule has 0 saturated carbocycles. The first kappa shape index (κ1) is 20.5. The Morgan fingerprint density at radius 1 is 1.18 bits per heavy atom. The first-order chi connectivity index (χ1) is 13.4. The maximum atomic E-state index is 6.32. The van der Waals surface area contributed by atoms with Gasteiger partial charge in [0.1, 0.15) is 5.82 Å². The molecule has 8 heteroatoms. The highest BCUT2D eigenvalue weighted by Crippen LogP contribution is 2.26. The zero-order valence-electron chi connectivity index (χ0n) is 16.9. The van der Waals surface area contributed by atoms with Gasteiger partial charge in [0.25, 0.3) is 0 Å². The van der Waals surface area contributed by atoms with Gasteiger partial charge in [-0.3, -0.25) is 0 Å². The molecule has 7 nitrogen and oxygen atoms in total. The Morgan fingerprint density at radius 3 is 2.68 bits per heavy atom. The molecule has 0 fully saturated rings. The second-order valence-corrected chi connectivity index (χ2v) is 8.04. The summed E-state index contributed by atoms with van der Waals surface area (Å²) in [6.45, 7) is 11.0. The number of benzene rings is 1. The highest BCUT2D eigenvalue weighted by atomic mass is 35.5. The molecule has 3 aromatic rings. The molecule has 0 bridgehead atoms. The summed E-state index contributed by atoms with van der Waals surface area (Å²) in [5.41, 5.74) is 2.14. The summed E-state index contributed by atoms with van der Waals surface area (Å²) < 4.78 is 7.18. The minimum atomic E-state index is -0.199. The molecule has 0 amide bonds. The molecule has 0 spiro atoms. The van der Waals surface area contributed by atoms with Crippen molar-refractivity contribution < 1.29 is 4.74 Å². The fourth-order valence-electron chi connectivity index (χ4n) is 2.73. The number of rotatable bonds is 8. The lowest BCUT2D eigenvalue weighted by Gasteiger charge is -2.18. The molecule has 0 aliphatic heterocycles. The van der Waals surface area contributed by atoms with Gasteiger partial charge in [-0.25, -0.2) is 14.6 Å². The lowest BCUT2D eigenvalue weighted by Crippen LogP contribution is -2.19. The van der Waals surface area contributed by atoms with E-state index in [0.29, 0.717) is 35.2 Å². The molecular weight excluding hydrogens is 376 g/mol. The number of ether oxygens (including phenoxy) is 1. The van der Waals surface area contributed by atoms with E-state index in [1.807, 2.05) is 31.2 Å². The van der Waals surface area contributed by atoms with Crippen molar-refractivity contribution in [1.29, 1.82) is 0 Å². The molecule has 0 aliphatic rings. The number of nitrogens with one attached hydrogen (secondary N) is 1. The van der Waals surface area contributed by atoms with E-state index in [2.05, 4.69) is 36.4 Å². The number of hydrogen-bond acceptors (Lipinski definition) is 6. The monoisotopic (exact) mass is 402 g/mol. The van der Waals surface area contributed by atoms with E-state index in [1.165, 1.54) is 0 Å². The number of halogens is 1. The quantitative estimate of drug-likeness (QED) is 0.572. The first-order valence-electron chi connectivity index (χ1n) is 9.57. The fourth-order valence-corrected chi connectivity index (χ4v) is 2.93. The van der Waals surface area contributed by atoms with Crippen LogP contribution in [0.5, 0.6) is 0 Å². The molecule has 0 saturated heterocycles. The molecule has 28 heavy (non-hydrogen) atoms. The summed E-state index contributed by atoms with van der Waals surface area (Å²) in [7, 11) is 0. The summed E-state index contributed by atoms with van der Waals surface area (Å²) in [6, 6.07) is 7.72. The molecule has 150 valence electrons. The van der Waals surface area contributed by atoms with E-state index >= 15 is 0 Å². The first-order valence-corrected chi connectivity index (χ1v) is 9.94. The smallest absolute Gasteiger partial charge is 0.184 e.